The van der Waals surface area contributed by atoms with Crippen LogP contribution in [0.1, 0.15) is 22.1 Å². The number of amides is 1. The number of aromatic amines is 1. The predicted octanol–water partition coefficient (Wildman–Crippen LogP) is 2.78. The van der Waals surface area contributed by atoms with E-state index >= 15 is 0 Å². The van der Waals surface area contributed by atoms with Crippen molar-refractivity contribution >= 4 is 21.8 Å². The van der Waals surface area contributed by atoms with Gasteiger partial charge in [0.25, 0.3) is 5.91 Å². The molecule has 1 unspecified atom stereocenters. The lowest BCUT2D eigenvalue weighted by atomic mass is 10.1. The molecule has 4 nitrogen and oxygen atoms in total. The normalized spacial score (nSPS) is 16.8. The largest absolute Gasteiger partial charge is 0.491 e. The van der Waals surface area contributed by atoms with Gasteiger partial charge in [-0.15, -0.1) is 0 Å². The van der Waals surface area contributed by atoms with Crippen LogP contribution in [0.2, 0.25) is 0 Å². The maximum atomic E-state index is 13.4. The lowest BCUT2D eigenvalue weighted by Crippen LogP contribution is -2.29. The number of aromatic nitrogens is 1. The van der Waals surface area contributed by atoms with Crippen LogP contribution in [-0.4, -0.2) is 17.5 Å². The number of halogens is 2. The summed E-state index contributed by atoms with van der Waals surface area (Å²) in [6.07, 6.45) is 1.68. The summed E-state index contributed by atoms with van der Waals surface area (Å²) in [5, 5.41) is 2.85. The third-order valence-electron chi connectivity index (χ3n) is 2.98. The van der Waals surface area contributed by atoms with Crippen LogP contribution < -0.4 is 10.1 Å². The smallest absolute Gasteiger partial charge is 0.268 e. The summed E-state index contributed by atoms with van der Waals surface area (Å²) in [6, 6.07) is 6.12. The number of hydrogen-bond acceptors (Lipinski definition) is 2. The monoisotopic (exact) mass is 324 g/mol. The van der Waals surface area contributed by atoms with Crippen molar-refractivity contribution in [2.24, 2.45) is 0 Å². The van der Waals surface area contributed by atoms with Crippen molar-refractivity contribution in [3.05, 3.63) is 52.0 Å². The topological polar surface area (TPSA) is 54.1 Å². The van der Waals surface area contributed by atoms with Gasteiger partial charge in [-0.2, -0.15) is 0 Å². The highest BCUT2D eigenvalue weighted by molar-refractivity contribution is 9.10. The van der Waals surface area contributed by atoms with E-state index in [4.69, 9.17) is 4.74 Å². The molecule has 19 heavy (non-hydrogen) atoms. The standard InChI is InChI=1S/C13H10BrFN2O2/c14-8-4-7-11(6-19-12(7)5-9(8)15)17-13(18)10-2-1-3-16-10/h1-5,11,16H,6H2,(H,17,18). The molecular formula is C13H10BrFN2O2. The van der Waals surface area contributed by atoms with E-state index in [0.29, 0.717) is 22.5 Å². The Balaban J connectivity index is 1.83. The molecule has 1 amide bonds. The molecule has 1 atom stereocenters. The quantitative estimate of drug-likeness (QED) is 0.892. The van der Waals surface area contributed by atoms with Gasteiger partial charge in [0.05, 0.1) is 10.5 Å². The fraction of sp³-hybridized carbons (Fsp3) is 0.154. The number of benzene rings is 1. The van der Waals surface area contributed by atoms with E-state index in [1.54, 1.807) is 24.4 Å². The summed E-state index contributed by atoms with van der Waals surface area (Å²) in [5.41, 5.74) is 1.25. The fourth-order valence-electron chi connectivity index (χ4n) is 2.03. The zero-order valence-corrected chi connectivity index (χ0v) is 11.3. The van der Waals surface area contributed by atoms with Crippen LogP contribution >= 0.6 is 15.9 Å². The summed E-state index contributed by atoms with van der Waals surface area (Å²) in [6.45, 7) is 0.303. The van der Waals surface area contributed by atoms with Crippen LogP contribution in [0, 0.1) is 5.82 Å². The Morgan fingerprint density at radius 3 is 3.11 bits per heavy atom. The molecule has 0 saturated carbocycles. The summed E-state index contributed by atoms with van der Waals surface area (Å²) in [5.74, 6) is -0.125. The zero-order valence-electron chi connectivity index (χ0n) is 9.74. The highest BCUT2D eigenvalue weighted by atomic mass is 79.9. The van der Waals surface area contributed by atoms with Crippen molar-refractivity contribution in [3.63, 3.8) is 0 Å². The number of hydrogen-bond donors (Lipinski definition) is 2. The average molecular weight is 325 g/mol. The summed E-state index contributed by atoms with van der Waals surface area (Å²) < 4.78 is 19.1. The van der Waals surface area contributed by atoms with Gasteiger partial charge < -0.3 is 15.0 Å². The van der Waals surface area contributed by atoms with Gasteiger partial charge in [-0.25, -0.2) is 4.39 Å². The number of H-pyrrole nitrogens is 1. The number of fused-ring (bicyclic) bond motifs is 1. The zero-order chi connectivity index (χ0) is 13.4. The highest BCUT2D eigenvalue weighted by Crippen LogP contribution is 2.36. The van der Waals surface area contributed by atoms with Gasteiger partial charge in [-0.3, -0.25) is 4.79 Å². The molecular weight excluding hydrogens is 315 g/mol. The van der Waals surface area contributed by atoms with Gasteiger partial charge in [0.15, 0.2) is 0 Å². The highest BCUT2D eigenvalue weighted by Gasteiger charge is 2.27. The first-order chi connectivity index (χ1) is 9.15. The Bertz CT molecular complexity index is 628. The molecule has 2 heterocycles. The molecule has 0 aliphatic carbocycles. The molecule has 1 aliphatic rings. The first-order valence-corrected chi connectivity index (χ1v) is 6.50. The van der Waals surface area contributed by atoms with E-state index in [1.807, 2.05) is 0 Å². The average Bonchev–Trinajstić information content (AvgIpc) is 3.01. The molecule has 98 valence electrons. The molecule has 2 aromatic rings. The molecule has 0 spiro atoms. The third kappa shape index (κ3) is 2.23. The molecule has 2 N–H and O–H groups in total. The minimum Gasteiger partial charge on any atom is -0.491 e. The molecule has 0 saturated heterocycles. The SMILES string of the molecule is O=C(NC1COc2cc(F)c(Br)cc21)c1ccc[nH]1. The number of carbonyl (C=O) groups excluding carboxylic acids is 1. The van der Waals surface area contributed by atoms with Gasteiger partial charge in [0, 0.05) is 17.8 Å². The first-order valence-electron chi connectivity index (χ1n) is 5.71. The fourth-order valence-corrected chi connectivity index (χ4v) is 2.39. The van der Waals surface area contributed by atoms with Crippen molar-refractivity contribution in [1.29, 1.82) is 0 Å². The van der Waals surface area contributed by atoms with Gasteiger partial charge >= 0.3 is 0 Å². The second-order valence-corrected chi connectivity index (χ2v) is 5.08. The Kier molecular flexibility index (Phi) is 3.02. The van der Waals surface area contributed by atoms with E-state index in [1.165, 1.54) is 6.07 Å². The van der Waals surface area contributed by atoms with E-state index in [2.05, 4.69) is 26.2 Å². The van der Waals surface area contributed by atoms with E-state index in [9.17, 15) is 9.18 Å². The lowest BCUT2D eigenvalue weighted by Gasteiger charge is -2.11. The van der Waals surface area contributed by atoms with Gasteiger partial charge in [0.1, 0.15) is 23.9 Å². The van der Waals surface area contributed by atoms with Crippen molar-refractivity contribution in [1.82, 2.24) is 10.3 Å². The Hall–Kier alpha value is -1.82. The number of nitrogens with one attached hydrogen (secondary N) is 2. The van der Waals surface area contributed by atoms with Crippen molar-refractivity contribution in [2.45, 2.75) is 6.04 Å². The molecule has 3 rings (SSSR count). The number of ether oxygens (including phenoxy) is 1. The summed E-state index contributed by atoms with van der Waals surface area (Å²) in [4.78, 5) is 14.8. The molecule has 6 heteroatoms. The minimum atomic E-state index is -0.380. The Labute approximate surface area is 117 Å². The van der Waals surface area contributed by atoms with Crippen LogP contribution in [0.15, 0.2) is 34.9 Å². The molecule has 0 radical (unpaired) electrons. The predicted molar refractivity (Wildman–Crippen MR) is 70.6 cm³/mol. The summed E-state index contributed by atoms with van der Waals surface area (Å²) >= 11 is 3.13. The third-order valence-corrected chi connectivity index (χ3v) is 3.59. The van der Waals surface area contributed by atoms with Crippen molar-refractivity contribution in [3.8, 4) is 5.75 Å². The van der Waals surface area contributed by atoms with E-state index in [0.717, 1.165) is 5.56 Å². The van der Waals surface area contributed by atoms with Crippen LogP contribution in [0.5, 0.6) is 5.75 Å². The number of rotatable bonds is 2. The van der Waals surface area contributed by atoms with Crippen LogP contribution in [0.3, 0.4) is 0 Å². The van der Waals surface area contributed by atoms with Gasteiger partial charge in [-0.1, -0.05) is 0 Å². The Morgan fingerprint density at radius 2 is 2.37 bits per heavy atom. The molecule has 0 bridgehead atoms. The van der Waals surface area contributed by atoms with Crippen LogP contribution in [0.25, 0.3) is 0 Å². The molecule has 0 fully saturated rings. The molecule has 1 aromatic heterocycles. The van der Waals surface area contributed by atoms with Crippen LogP contribution in [-0.2, 0) is 0 Å². The molecule has 1 aromatic carbocycles. The summed E-state index contributed by atoms with van der Waals surface area (Å²) in [7, 11) is 0. The second kappa shape index (κ2) is 4.70. The maximum absolute atomic E-state index is 13.4. The second-order valence-electron chi connectivity index (χ2n) is 4.22. The van der Waals surface area contributed by atoms with E-state index < -0.39 is 0 Å². The maximum Gasteiger partial charge on any atom is 0.268 e. The lowest BCUT2D eigenvalue weighted by molar-refractivity contribution is 0.0926. The van der Waals surface area contributed by atoms with Gasteiger partial charge in [0.2, 0.25) is 0 Å². The number of carbonyl (C=O) groups is 1. The van der Waals surface area contributed by atoms with Crippen molar-refractivity contribution in [2.75, 3.05) is 6.61 Å². The van der Waals surface area contributed by atoms with Crippen molar-refractivity contribution < 1.29 is 13.9 Å². The van der Waals surface area contributed by atoms with Gasteiger partial charge in [-0.05, 0) is 34.1 Å². The molecule has 1 aliphatic heterocycles. The van der Waals surface area contributed by atoms with E-state index in [-0.39, 0.29) is 17.8 Å². The minimum absolute atomic E-state index is 0.216. The van der Waals surface area contributed by atoms with Crippen LogP contribution in [0.4, 0.5) is 4.39 Å². The first kappa shape index (κ1) is 12.2. The Morgan fingerprint density at radius 1 is 1.53 bits per heavy atom.